The number of esters is 1. The molecule has 0 N–H and O–H groups in total. The minimum absolute atomic E-state index is 0.0644. The lowest BCUT2D eigenvalue weighted by atomic mass is 10.1. The van der Waals surface area contributed by atoms with E-state index in [4.69, 9.17) is 9.72 Å². The van der Waals surface area contributed by atoms with Gasteiger partial charge in [-0.05, 0) is 26.0 Å². The first kappa shape index (κ1) is 19.1. The monoisotopic (exact) mass is 404 g/mol. The second kappa shape index (κ2) is 8.01. The summed E-state index contributed by atoms with van der Waals surface area (Å²) >= 11 is 1.57. The molecule has 0 radical (unpaired) electrons. The number of pyridine rings is 1. The lowest BCUT2D eigenvalue weighted by molar-refractivity contribution is 0.0524. The predicted molar refractivity (Wildman–Crippen MR) is 116 cm³/mol. The van der Waals surface area contributed by atoms with Crippen molar-refractivity contribution in [2.24, 2.45) is 0 Å². The Labute approximate surface area is 172 Å². The number of carbonyl (C=O) groups is 1. The molecule has 0 bridgehead atoms. The van der Waals surface area contributed by atoms with Gasteiger partial charge in [0.1, 0.15) is 10.6 Å². The van der Waals surface area contributed by atoms with Gasteiger partial charge in [0.05, 0.1) is 17.8 Å². The van der Waals surface area contributed by atoms with E-state index in [0.29, 0.717) is 11.9 Å². The van der Waals surface area contributed by atoms with E-state index in [0.717, 1.165) is 27.3 Å². The van der Waals surface area contributed by atoms with Gasteiger partial charge >= 0.3 is 5.97 Å². The Hall–Kier alpha value is -3.25. The van der Waals surface area contributed by atoms with Crippen molar-refractivity contribution < 1.29 is 9.53 Å². The summed E-state index contributed by atoms with van der Waals surface area (Å²) < 4.78 is 6.94. The Morgan fingerprint density at radius 1 is 1.10 bits per heavy atom. The van der Waals surface area contributed by atoms with Gasteiger partial charge in [0.25, 0.3) is 0 Å². The number of thiazole rings is 1. The highest BCUT2D eigenvalue weighted by Crippen LogP contribution is 2.30. The van der Waals surface area contributed by atoms with Crippen molar-refractivity contribution in [1.29, 1.82) is 0 Å². The summed E-state index contributed by atoms with van der Waals surface area (Å²) in [7, 11) is 0. The first-order valence-electron chi connectivity index (χ1n) is 9.48. The van der Waals surface area contributed by atoms with Crippen LogP contribution in [0.3, 0.4) is 0 Å². The molecule has 29 heavy (non-hydrogen) atoms. The molecule has 146 valence electrons. The van der Waals surface area contributed by atoms with Gasteiger partial charge in [-0.3, -0.25) is 4.79 Å². The molecule has 0 saturated carbocycles. The van der Waals surface area contributed by atoms with Crippen LogP contribution >= 0.6 is 11.3 Å². The predicted octanol–water partition coefficient (Wildman–Crippen LogP) is 4.99. The molecule has 0 aliphatic carbocycles. The summed E-state index contributed by atoms with van der Waals surface area (Å²) in [6.45, 7) is 4.55. The number of aryl methyl sites for hydroxylation is 1. The van der Waals surface area contributed by atoms with Crippen molar-refractivity contribution in [2.75, 3.05) is 6.61 Å². The molecule has 2 aromatic carbocycles. The van der Waals surface area contributed by atoms with Crippen LogP contribution in [0.5, 0.6) is 0 Å². The molecular weight excluding hydrogens is 384 g/mol. The Morgan fingerprint density at radius 3 is 2.62 bits per heavy atom. The molecule has 5 nitrogen and oxygen atoms in total. The van der Waals surface area contributed by atoms with Crippen LogP contribution in [0.25, 0.3) is 32.7 Å². The molecule has 4 aromatic rings. The Bertz CT molecular complexity index is 1240. The standard InChI is InChI=1S/C23H20N2O3S/c1-3-25-13-18(23(27)28-4-2)21(26)17-11-10-16(12-20(17)25)22-24-19(14-29-22)15-8-6-5-7-9-15/h5-14H,3-4H2,1-2H3. The maximum Gasteiger partial charge on any atom is 0.343 e. The molecule has 0 spiro atoms. The van der Waals surface area contributed by atoms with Gasteiger partial charge in [0.15, 0.2) is 0 Å². The summed E-state index contributed by atoms with van der Waals surface area (Å²) in [5, 5.41) is 3.42. The maximum atomic E-state index is 12.8. The van der Waals surface area contributed by atoms with Gasteiger partial charge < -0.3 is 9.30 Å². The highest BCUT2D eigenvalue weighted by atomic mass is 32.1. The van der Waals surface area contributed by atoms with Crippen LogP contribution in [0.1, 0.15) is 24.2 Å². The van der Waals surface area contributed by atoms with Crippen molar-refractivity contribution in [3.8, 4) is 21.8 Å². The van der Waals surface area contributed by atoms with Crippen LogP contribution in [-0.4, -0.2) is 22.1 Å². The third-order valence-electron chi connectivity index (χ3n) is 4.74. The first-order chi connectivity index (χ1) is 14.1. The van der Waals surface area contributed by atoms with E-state index < -0.39 is 5.97 Å². The number of ether oxygens (including phenoxy) is 1. The quantitative estimate of drug-likeness (QED) is 0.440. The number of nitrogens with zero attached hydrogens (tertiary/aromatic N) is 2. The van der Waals surface area contributed by atoms with Gasteiger partial charge in [0, 0.05) is 34.6 Å². The fourth-order valence-corrected chi connectivity index (χ4v) is 4.11. The lowest BCUT2D eigenvalue weighted by Gasteiger charge is -2.12. The number of rotatable bonds is 5. The van der Waals surface area contributed by atoms with Crippen LogP contribution in [0, 0.1) is 0 Å². The highest BCUT2D eigenvalue weighted by Gasteiger charge is 2.17. The molecule has 0 fully saturated rings. The Balaban J connectivity index is 1.81. The van der Waals surface area contributed by atoms with Crippen molar-refractivity contribution in [1.82, 2.24) is 9.55 Å². The van der Waals surface area contributed by atoms with Gasteiger partial charge in [-0.15, -0.1) is 11.3 Å². The lowest BCUT2D eigenvalue weighted by Crippen LogP contribution is -2.20. The van der Waals surface area contributed by atoms with E-state index in [1.165, 1.54) is 0 Å². The zero-order chi connectivity index (χ0) is 20.4. The minimum Gasteiger partial charge on any atom is -0.462 e. The second-order valence-electron chi connectivity index (χ2n) is 6.51. The largest absolute Gasteiger partial charge is 0.462 e. The second-order valence-corrected chi connectivity index (χ2v) is 7.37. The number of carbonyl (C=O) groups excluding carboxylic acids is 1. The van der Waals surface area contributed by atoms with Gasteiger partial charge in [-0.1, -0.05) is 36.4 Å². The molecule has 0 saturated heterocycles. The van der Waals surface area contributed by atoms with E-state index in [1.807, 2.05) is 59.3 Å². The summed E-state index contributed by atoms with van der Waals surface area (Å²) in [5.41, 5.74) is 3.47. The first-order valence-corrected chi connectivity index (χ1v) is 10.4. The van der Waals surface area contributed by atoms with E-state index in [-0.39, 0.29) is 17.6 Å². The summed E-state index contributed by atoms with van der Waals surface area (Å²) in [6.07, 6.45) is 1.59. The fourth-order valence-electron chi connectivity index (χ4n) is 3.29. The maximum absolute atomic E-state index is 12.8. The number of hydrogen-bond acceptors (Lipinski definition) is 5. The average molecular weight is 404 g/mol. The molecular formula is C23H20N2O3S. The van der Waals surface area contributed by atoms with E-state index in [1.54, 1.807) is 30.5 Å². The summed E-state index contributed by atoms with van der Waals surface area (Å²) in [6, 6.07) is 15.6. The normalized spacial score (nSPS) is 11.0. The molecule has 6 heteroatoms. The van der Waals surface area contributed by atoms with Crippen LogP contribution in [0.2, 0.25) is 0 Å². The van der Waals surface area contributed by atoms with Crippen molar-refractivity contribution in [3.63, 3.8) is 0 Å². The number of fused-ring (bicyclic) bond motifs is 1. The molecule has 2 aromatic heterocycles. The van der Waals surface area contributed by atoms with Crippen molar-refractivity contribution >= 4 is 28.2 Å². The van der Waals surface area contributed by atoms with Gasteiger partial charge in [-0.2, -0.15) is 0 Å². The fraction of sp³-hybridized carbons (Fsp3) is 0.174. The molecule has 2 heterocycles. The Morgan fingerprint density at radius 2 is 1.90 bits per heavy atom. The summed E-state index contributed by atoms with van der Waals surface area (Å²) in [4.78, 5) is 29.7. The van der Waals surface area contributed by atoms with Crippen LogP contribution in [0.4, 0.5) is 0 Å². The molecule has 0 amide bonds. The third-order valence-corrected chi connectivity index (χ3v) is 5.63. The number of aromatic nitrogens is 2. The van der Waals surface area contributed by atoms with E-state index in [2.05, 4.69) is 0 Å². The third kappa shape index (κ3) is 3.59. The minimum atomic E-state index is -0.585. The zero-order valence-electron chi connectivity index (χ0n) is 16.2. The van der Waals surface area contributed by atoms with E-state index >= 15 is 0 Å². The van der Waals surface area contributed by atoms with Gasteiger partial charge in [-0.25, -0.2) is 9.78 Å². The zero-order valence-corrected chi connectivity index (χ0v) is 17.0. The molecule has 4 rings (SSSR count). The molecule has 0 unspecified atom stereocenters. The van der Waals surface area contributed by atoms with Crippen LogP contribution in [0.15, 0.2) is 64.9 Å². The average Bonchev–Trinajstić information content (AvgIpc) is 3.25. The van der Waals surface area contributed by atoms with E-state index in [9.17, 15) is 9.59 Å². The molecule has 0 atom stereocenters. The smallest absolute Gasteiger partial charge is 0.343 e. The van der Waals surface area contributed by atoms with Crippen molar-refractivity contribution in [2.45, 2.75) is 20.4 Å². The number of hydrogen-bond donors (Lipinski definition) is 0. The summed E-state index contributed by atoms with van der Waals surface area (Å²) in [5.74, 6) is -0.585. The number of benzene rings is 2. The highest BCUT2D eigenvalue weighted by molar-refractivity contribution is 7.13. The SMILES string of the molecule is CCOC(=O)c1cn(CC)c2cc(-c3nc(-c4ccccc4)cs3)ccc2c1=O. The Kier molecular flexibility index (Phi) is 5.27. The molecule has 0 aliphatic heterocycles. The van der Waals surface area contributed by atoms with Crippen LogP contribution in [-0.2, 0) is 11.3 Å². The molecule has 0 aliphatic rings. The topological polar surface area (TPSA) is 61.2 Å². The van der Waals surface area contributed by atoms with Crippen molar-refractivity contribution in [3.05, 3.63) is 75.9 Å². The van der Waals surface area contributed by atoms with Crippen LogP contribution < -0.4 is 5.43 Å². The van der Waals surface area contributed by atoms with Gasteiger partial charge in [0.2, 0.25) is 5.43 Å².